The SMILES string of the molecule is COCC(C)(C)OC(=O)OCCl. The van der Waals surface area contributed by atoms with Gasteiger partial charge in [-0.1, -0.05) is 11.6 Å². The molecule has 0 unspecified atom stereocenters. The van der Waals surface area contributed by atoms with Crippen molar-refractivity contribution >= 4 is 17.8 Å². The van der Waals surface area contributed by atoms with E-state index in [2.05, 4.69) is 4.74 Å². The fourth-order valence-corrected chi connectivity index (χ4v) is 0.766. The molecule has 12 heavy (non-hydrogen) atoms. The first-order valence-corrected chi connectivity index (χ1v) is 3.96. The Morgan fingerprint density at radius 3 is 2.50 bits per heavy atom. The van der Waals surface area contributed by atoms with Crippen LogP contribution in [0.25, 0.3) is 0 Å². The standard InChI is InChI=1S/C7H13ClO4/c1-7(2,4-10-3)12-6(9)11-5-8/h4-5H2,1-3H3. The third-order valence-electron chi connectivity index (χ3n) is 1.02. The van der Waals surface area contributed by atoms with Crippen LogP contribution in [0.1, 0.15) is 13.8 Å². The van der Waals surface area contributed by atoms with Crippen molar-refractivity contribution in [3.8, 4) is 0 Å². The lowest BCUT2D eigenvalue weighted by Gasteiger charge is -2.22. The van der Waals surface area contributed by atoms with Crippen LogP contribution in [0.5, 0.6) is 0 Å². The van der Waals surface area contributed by atoms with E-state index in [4.69, 9.17) is 21.1 Å². The van der Waals surface area contributed by atoms with E-state index >= 15 is 0 Å². The van der Waals surface area contributed by atoms with Crippen molar-refractivity contribution in [1.82, 2.24) is 0 Å². The molecule has 0 aromatic heterocycles. The Balaban J connectivity index is 3.79. The normalized spacial score (nSPS) is 11.0. The summed E-state index contributed by atoms with van der Waals surface area (Å²) in [7, 11) is 1.53. The van der Waals surface area contributed by atoms with Crippen LogP contribution in [-0.4, -0.2) is 31.5 Å². The van der Waals surface area contributed by atoms with E-state index in [0.717, 1.165) is 0 Å². The molecule has 72 valence electrons. The summed E-state index contributed by atoms with van der Waals surface area (Å²) >= 11 is 5.15. The Morgan fingerprint density at radius 1 is 1.50 bits per heavy atom. The van der Waals surface area contributed by atoms with Crippen molar-refractivity contribution < 1.29 is 19.0 Å². The molecule has 0 heterocycles. The van der Waals surface area contributed by atoms with Crippen molar-refractivity contribution in [3.63, 3.8) is 0 Å². The number of methoxy groups -OCH3 is 1. The maximum Gasteiger partial charge on any atom is 0.510 e. The maximum absolute atomic E-state index is 10.7. The van der Waals surface area contributed by atoms with E-state index in [-0.39, 0.29) is 6.07 Å². The van der Waals surface area contributed by atoms with Gasteiger partial charge in [-0.2, -0.15) is 0 Å². The number of hydrogen-bond acceptors (Lipinski definition) is 4. The van der Waals surface area contributed by atoms with E-state index in [1.54, 1.807) is 13.8 Å². The summed E-state index contributed by atoms with van der Waals surface area (Å²) in [5, 5.41) is 0. The zero-order chi connectivity index (χ0) is 9.61. The summed E-state index contributed by atoms with van der Waals surface area (Å²) in [6.07, 6.45) is -0.785. The molecular formula is C7H13ClO4. The van der Waals surface area contributed by atoms with Crippen LogP contribution in [0.2, 0.25) is 0 Å². The lowest BCUT2D eigenvalue weighted by atomic mass is 10.1. The number of alkyl halides is 1. The number of ether oxygens (including phenoxy) is 3. The smallest absolute Gasteiger partial charge is 0.426 e. The summed E-state index contributed by atoms with van der Waals surface area (Å²) in [6.45, 7) is 3.74. The first-order valence-electron chi connectivity index (χ1n) is 3.42. The van der Waals surface area contributed by atoms with E-state index in [1.165, 1.54) is 7.11 Å². The van der Waals surface area contributed by atoms with Gasteiger partial charge >= 0.3 is 6.16 Å². The van der Waals surface area contributed by atoms with Gasteiger partial charge in [0.1, 0.15) is 5.60 Å². The number of carbonyl (C=O) groups is 1. The summed E-state index contributed by atoms with van der Waals surface area (Å²) in [5.74, 6) is 0. The minimum atomic E-state index is -0.785. The molecule has 5 heteroatoms. The summed E-state index contributed by atoms with van der Waals surface area (Å²) < 4.78 is 14.0. The van der Waals surface area contributed by atoms with Crippen LogP contribution >= 0.6 is 11.6 Å². The summed E-state index contributed by atoms with van der Waals surface area (Å²) in [4.78, 5) is 10.7. The monoisotopic (exact) mass is 196 g/mol. The average molecular weight is 197 g/mol. The predicted octanol–water partition coefficient (Wildman–Crippen LogP) is 1.76. The third-order valence-corrected chi connectivity index (χ3v) is 1.13. The number of hydrogen-bond donors (Lipinski definition) is 0. The van der Waals surface area contributed by atoms with Crippen LogP contribution in [0.15, 0.2) is 0 Å². The Bertz CT molecular complexity index is 146. The number of halogens is 1. The Hall–Kier alpha value is -0.480. The molecule has 0 spiro atoms. The molecule has 0 radical (unpaired) electrons. The second kappa shape index (κ2) is 5.22. The Kier molecular flexibility index (Phi) is 5.01. The van der Waals surface area contributed by atoms with Crippen LogP contribution < -0.4 is 0 Å². The zero-order valence-electron chi connectivity index (χ0n) is 7.43. The third kappa shape index (κ3) is 5.21. The number of carbonyl (C=O) groups excluding carboxylic acids is 1. The van der Waals surface area contributed by atoms with Gasteiger partial charge in [0.2, 0.25) is 0 Å². The van der Waals surface area contributed by atoms with Crippen molar-refractivity contribution in [3.05, 3.63) is 0 Å². The quantitative estimate of drug-likeness (QED) is 0.508. The minimum Gasteiger partial charge on any atom is -0.426 e. The summed E-state index contributed by atoms with van der Waals surface area (Å²) in [5.41, 5.74) is -0.683. The molecular weight excluding hydrogens is 184 g/mol. The second-order valence-corrected chi connectivity index (χ2v) is 3.02. The van der Waals surface area contributed by atoms with Gasteiger partial charge in [-0.05, 0) is 13.8 Å². The zero-order valence-corrected chi connectivity index (χ0v) is 8.18. The van der Waals surface area contributed by atoms with E-state index < -0.39 is 11.8 Å². The topological polar surface area (TPSA) is 44.8 Å². The molecule has 4 nitrogen and oxygen atoms in total. The molecule has 0 fully saturated rings. The molecule has 0 aromatic rings. The van der Waals surface area contributed by atoms with E-state index in [0.29, 0.717) is 6.61 Å². The Morgan fingerprint density at radius 2 is 2.08 bits per heavy atom. The highest BCUT2D eigenvalue weighted by molar-refractivity contribution is 6.17. The maximum atomic E-state index is 10.7. The van der Waals surface area contributed by atoms with Gasteiger partial charge in [-0.15, -0.1) is 0 Å². The minimum absolute atomic E-state index is 0.206. The van der Waals surface area contributed by atoms with Crippen molar-refractivity contribution in [2.24, 2.45) is 0 Å². The summed E-state index contributed by atoms with van der Waals surface area (Å²) in [6, 6.07) is -0.206. The van der Waals surface area contributed by atoms with Crippen LogP contribution in [0.4, 0.5) is 4.79 Å². The van der Waals surface area contributed by atoms with Crippen LogP contribution in [-0.2, 0) is 14.2 Å². The first-order chi connectivity index (χ1) is 5.52. The number of rotatable bonds is 4. The highest BCUT2D eigenvalue weighted by atomic mass is 35.5. The fraction of sp³-hybridized carbons (Fsp3) is 0.857. The van der Waals surface area contributed by atoms with Gasteiger partial charge in [0, 0.05) is 7.11 Å². The van der Waals surface area contributed by atoms with Crippen LogP contribution in [0.3, 0.4) is 0 Å². The van der Waals surface area contributed by atoms with Gasteiger partial charge in [0.05, 0.1) is 6.61 Å². The highest BCUT2D eigenvalue weighted by Crippen LogP contribution is 2.10. The van der Waals surface area contributed by atoms with Gasteiger partial charge in [-0.25, -0.2) is 4.79 Å². The van der Waals surface area contributed by atoms with Gasteiger partial charge in [-0.3, -0.25) is 0 Å². The molecule has 0 aliphatic carbocycles. The lowest BCUT2D eigenvalue weighted by Crippen LogP contribution is -2.33. The first kappa shape index (κ1) is 11.5. The van der Waals surface area contributed by atoms with Gasteiger partial charge < -0.3 is 14.2 Å². The molecule has 0 amide bonds. The molecule has 0 aliphatic rings. The second-order valence-electron chi connectivity index (χ2n) is 2.80. The molecule has 0 bridgehead atoms. The van der Waals surface area contributed by atoms with E-state index in [1.807, 2.05) is 0 Å². The fourth-order valence-electron chi connectivity index (χ4n) is 0.677. The molecule has 0 aromatic carbocycles. The average Bonchev–Trinajstić information content (AvgIpc) is 1.85. The molecule has 0 rings (SSSR count). The predicted molar refractivity (Wildman–Crippen MR) is 44.2 cm³/mol. The largest absolute Gasteiger partial charge is 0.510 e. The molecule has 0 saturated carbocycles. The van der Waals surface area contributed by atoms with Crippen LogP contribution in [0, 0.1) is 0 Å². The molecule has 0 saturated heterocycles. The van der Waals surface area contributed by atoms with Crippen molar-refractivity contribution in [1.29, 1.82) is 0 Å². The molecule has 0 atom stereocenters. The molecule has 0 N–H and O–H groups in total. The molecule has 0 aliphatic heterocycles. The van der Waals surface area contributed by atoms with E-state index in [9.17, 15) is 4.79 Å². The van der Waals surface area contributed by atoms with Crippen molar-refractivity contribution in [2.75, 3.05) is 19.8 Å². The van der Waals surface area contributed by atoms with Gasteiger partial charge in [0.15, 0.2) is 6.07 Å². The highest BCUT2D eigenvalue weighted by Gasteiger charge is 2.23. The lowest BCUT2D eigenvalue weighted by molar-refractivity contribution is -0.0477. The Labute approximate surface area is 76.7 Å². The van der Waals surface area contributed by atoms with Gasteiger partial charge in [0.25, 0.3) is 0 Å². The van der Waals surface area contributed by atoms with Crippen molar-refractivity contribution in [2.45, 2.75) is 19.4 Å².